The average molecular weight is 364 g/mol. The van der Waals surface area contributed by atoms with Crippen LogP contribution in [0.4, 0.5) is 0 Å². The molecule has 1 aliphatic rings. The molecule has 1 aliphatic heterocycles. The van der Waals surface area contributed by atoms with E-state index < -0.39 is 0 Å². The predicted octanol–water partition coefficient (Wildman–Crippen LogP) is 3.22. The highest BCUT2D eigenvalue weighted by molar-refractivity contribution is 5.79. The van der Waals surface area contributed by atoms with Gasteiger partial charge in [-0.2, -0.15) is 0 Å². The van der Waals surface area contributed by atoms with Crippen LogP contribution in [0.2, 0.25) is 0 Å². The van der Waals surface area contributed by atoms with Gasteiger partial charge in [0, 0.05) is 31.5 Å². The maximum atomic E-state index is 12.3. The fourth-order valence-electron chi connectivity index (χ4n) is 3.64. The van der Waals surface area contributed by atoms with Crippen molar-refractivity contribution in [3.8, 4) is 11.4 Å². The van der Waals surface area contributed by atoms with E-state index in [1.54, 1.807) is 6.20 Å². The standard InChI is InChI=1S/C21H24N4O2/c1-3-27-14-19(26)24-12-10-17(13-24)25-20(16-8-6-15(2)7-9-16)23-18-5-4-11-22-21(18)25/h4-9,11,17H,3,10,12-14H2,1-2H3/t17-/m0/s1. The van der Waals surface area contributed by atoms with Crippen molar-refractivity contribution in [1.82, 2.24) is 19.4 Å². The summed E-state index contributed by atoms with van der Waals surface area (Å²) in [6.07, 6.45) is 2.69. The molecule has 2 aromatic heterocycles. The van der Waals surface area contributed by atoms with Crippen molar-refractivity contribution in [3.05, 3.63) is 48.2 Å². The highest BCUT2D eigenvalue weighted by Crippen LogP contribution is 2.32. The third-order valence-electron chi connectivity index (χ3n) is 5.07. The first-order chi connectivity index (χ1) is 13.2. The fourth-order valence-corrected chi connectivity index (χ4v) is 3.64. The Kier molecular flexibility index (Phi) is 4.90. The molecule has 1 atom stereocenters. The fraction of sp³-hybridized carbons (Fsp3) is 0.381. The summed E-state index contributed by atoms with van der Waals surface area (Å²) < 4.78 is 7.49. The lowest BCUT2D eigenvalue weighted by Gasteiger charge is -2.19. The summed E-state index contributed by atoms with van der Waals surface area (Å²) in [5, 5.41) is 0. The van der Waals surface area contributed by atoms with Gasteiger partial charge in [0.2, 0.25) is 5.91 Å². The van der Waals surface area contributed by atoms with E-state index >= 15 is 0 Å². The molecule has 0 spiro atoms. The van der Waals surface area contributed by atoms with Gasteiger partial charge in [0.15, 0.2) is 5.65 Å². The summed E-state index contributed by atoms with van der Waals surface area (Å²) in [5.41, 5.74) is 4.04. The summed E-state index contributed by atoms with van der Waals surface area (Å²) in [6.45, 7) is 6.07. The third-order valence-corrected chi connectivity index (χ3v) is 5.07. The molecule has 0 N–H and O–H groups in total. The first-order valence-corrected chi connectivity index (χ1v) is 9.43. The van der Waals surface area contributed by atoms with Gasteiger partial charge in [-0.1, -0.05) is 29.8 Å². The summed E-state index contributed by atoms with van der Waals surface area (Å²) in [5.74, 6) is 0.960. The van der Waals surface area contributed by atoms with E-state index in [1.165, 1.54) is 5.56 Å². The molecule has 1 saturated heterocycles. The molecule has 0 radical (unpaired) electrons. The molecule has 6 heteroatoms. The van der Waals surface area contributed by atoms with E-state index in [1.807, 2.05) is 24.0 Å². The van der Waals surface area contributed by atoms with Crippen molar-refractivity contribution in [3.63, 3.8) is 0 Å². The minimum absolute atomic E-state index is 0.0496. The number of aryl methyl sites for hydroxylation is 1. The van der Waals surface area contributed by atoms with Gasteiger partial charge in [-0.15, -0.1) is 0 Å². The molecule has 3 heterocycles. The van der Waals surface area contributed by atoms with Crippen LogP contribution in [0.3, 0.4) is 0 Å². The van der Waals surface area contributed by atoms with Crippen LogP contribution in [0, 0.1) is 6.92 Å². The Bertz CT molecular complexity index is 948. The Morgan fingerprint density at radius 3 is 2.85 bits per heavy atom. The van der Waals surface area contributed by atoms with E-state index in [4.69, 9.17) is 9.72 Å². The Hall–Kier alpha value is -2.73. The number of fused-ring (bicyclic) bond motifs is 1. The number of likely N-dealkylation sites (tertiary alicyclic amines) is 1. The molecule has 0 unspecified atom stereocenters. The van der Waals surface area contributed by atoms with Crippen LogP contribution < -0.4 is 0 Å². The quantitative estimate of drug-likeness (QED) is 0.697. The summed E-state index contributed by atoms with van der Waals surface area (Å²) >= 11 is 0. The number of hydrogen-bond donors (Lipinski definition) is 0. The number of carbonyl (C=O) groups is 1. The molecular formula is C21H24N4O2. The minimum atomic E-state index is 0.0496. The number of benzene rings is 1. The maximum absolute atomic E-state index is 12.3. The van der Waals surface area contributed by atoms with Crippen LogP contribution in [-0.2, 0) is 9.53 Å². The monoisotopic (exact) mass is 364 g/mol. The number of aromatic nitrogens is 3. The van der Waals surface area contributed by atoms with Gasteiger partial charge in [-0.3, -0.25) is 4.79 Å². The van der Waals surface area contributed by atoms with E-state index in [9.17, 15) is 4.79 Å². The summed E-state index contributed by atoms with van der Waals surface area (Å²) in [4.78, 5) is 23.6. The van der Waals surface area contributed by atoms with Gasteiger partial charge in [0.25, 0.3) is 0 Å². The number of carbonyl (C=O) groups excluding carboxylic acids is 1. The highest BCUT2D eigenvalue weighted by atomic mass is 16.5. The molecule has 3 aromatic rings. The first kappa shape index (κ1) is 17.7. The van der Waals surface area contributed by atoms with Gasteiger partial charge in [-0.25, -0.2) is 9.97 Å². The molecule has 6 nitrogen and oxygen atoms in total. The van der Waals surface area contributed by atoms with Crippen molar-refractivity contribution < 1.29 is 9.53 Å². The lowest BCUT2D eigenvalue weighted by atomic mass is 10.1. The number of rotatable bonds is 5. The van der Waals surface area contributed by atoms with Crippen molar-refractivity contribution in [2.24, 2.45) is 0 Å². The predicted molar refractivity (Wildman–Crippen MR) is 104 cm³/mol. The molecule has 1 amide bonds. The average Bonchev–Trinajstić information content (AvgIpc) is 3.31. The van der Waals surface area contributed by atoms with E-state index in [0.717, 1.165) is 35.5 Å². The van der Waals surface area contributed by atoms with Crippen LogP contribution in [0.1, 0.15) is 24.9 Å². The number of imidazole rings is 1. The van der Waals surface area contributed by atoms with Crippen LogP contribution in [0.15, 0.2) is 42.6 Å². The zero-order valence-electron chi connectivity index (χ0n) is 15.8. The van der Waals surface area contributed by atoms with Crippen LogP contribution in [-0.4, -0.2) is 51.6 Å². The number of hydrogen-bond acceptors (Lipinski definition) is 4. The van der Waals surface area contributed by atoms with Crippen LogP contribution >= 0.6 is 0 Å². The largest absolute Gasteiger partial charge is 0.372 e. The Labute approximate surface area is 158 Å². The summed E-state index contributed by atoms with van der Waals surface area (Å²) in [6, 6.07) is 12.4. The SMILES string of the molecule is CCOCC(=O)N1CC[C@H](n2c(-c3ccc(C)cc3)nc3cccnc32)C1. The second-order valence-corrected chi connectivity index (χ2v) is 6.94. The topological polar surface area (TPSA) is 60.2 Å². The number of ether oxygens (including phenoxy) is 1. The smallest absolute Gasteiger partial charge is 0.248 e. The second kappa shape index (κ2) is 7.48. The molecule has 27 heavy (non-hydrogen) atoms. The zero-order chi connectivity index (χ0) is 18.8. The number of nitrogens with zero attached hydrogens (tertiary/aromatic N) is 4. The highest BCUT2D eigenvalue weighted by Gasteiger charge is 2.30. The maximum Gasteiger partial charge on any atom is 0.248 e. The van der Waals surface area contributed by atoms with Crippen LogP contribution in [0.25, 0.3) is 22.6 Å². The van der Waals surface area contributed by atoms with Crippen molar-refractivity contribution in [1.29, 1.82) is 0 Å². The molecule has 0 saturated carbocycles. The molecule has 1 aromatic carbocycles. The lowest BCUT2D eigenvalue weighted by molar-refractivity contribution is -0.135. The normalized spacial score (nSPS) is 17.0. The third kappa shape index (κ3) is 3.45. The molecule has 1 fully saturated rings. The van der Waals surface area contributed by atoms with Crippen molar-refractivity contribution in [2.75, 3.05) is 26.3 Å². The van der Waals surface area contributed by atoms with Gasteiger partial charge in [0.1, 0.15) is 17.9 Å². The van der Waals surface area contributed by atoms with Crippen LogP contribution in [0.5, 0.6) is 0 Å². The molecule has 140 valence electrons. The van der Waals surface area contributed by atoms with Gasteiger partial charge < -0.3 is 14.2 Å². The number of pyridine rings is 1. The Morgan fingerprint density at radius 2 is 2.07 bits per heavy atom. The Morgan fingerprint density at radius 1 is 1.26 bits per heavy atom. The Balaban J connectivity index is 1.70. The van der Waals surface area contributed by atoms with Gasteiger partial charge in [-0.05, 0) is 32.4 Å². The second-order valence-electron chi connectivity index (χ2n) is 6.94. The van der Waals surface area contributed by atoms with E-state index in [0.29, 0.717) is 13.2 Å². The minimum Gasteiger partial charge on any atom is -0.372 e. The van der Waals surface area contributed by atoms with E-state index in [-0.39, 0.29) is 18.6 Å². The lowest BCUT2D eigenvalue weighted by Crippen LogP contribution is -2.32. The number of amides is 1. The van der Waals surface area contributed by atoms with Gasteiger partial charge in [0.05, 0.1) is 6.04 Å². The van der Waals surface area contributed by atoms with E-state index in [2.05, 4.69) is 40.7 Å². The molecular weight excluding hydrogens is 340 g/mol. The zero-order valence-corrected chi connectivity index (χ0v) is 15.8. The van der Waals surface area contributed by atoms with Gasteiger partial charge >= 0.3 is 0 Å². The first-order valence-electron chi connectivity index (χ1n) is 9.43. The summed E-state index contributed by atoms with van der Waals surface area (Å²) in [7, 11) is 0. The molecule has 0 bridgehead atoms. The van der Waals surface area contributed by atoms with Crippen molar-refractivity contribution in [2.45, 2.75) is 26.3 Å². The molecule has 4 rings (SSSR count). The van der Waals surface area contributed by atoms with Crippen molar-refractivity contribution >= 4 is 17.1 Å². The molecule has 0 aliphatic carbocycles.